The molecule has 0 atom stereocenters. The minimum Gasteiger partial charge on any atom is -0.344 e. The predicted octanol–water partition coefficient (Wildman–Crippen LogP) is 3.46. The highest BCUT2D eigenvalue weighted by atomic mass is 19.4. The van der Waals surface area contributed by atoms with Crippen LogP contribution in [0.3, 0.4) is 0 Å². The Bertz CT molecular complexity index is 780. The highest BCUT2D eigenvalue weighted by molar-refractivity contribution is 6.03. The highest BCUT2D eigenvalue weighted by Crippen LogP contribution is 2.31. The van der Waals surface area contributed by atoms with Crippen LogP contribution in [0.1, 0.15) is 27.3 Å². The van der Waals surface area contributed by atoms with E-state index < -0.39 is 12.7 Å². The third-order valence-corrected chi connectivity index (χ3v) is 4.31. The Hall–Kier alpha value is -2.28. The van der Waals surface area contributed by atoms with Crippen molar-refractivity contribution in [2.45, 2.75) is 26.2 Å². The molecule has 2 aromatic rings. The lowest BCUT2D eigenvalue weighted by atomic mass is 10.1. The van der Waals surface area contributed by atoms with Gasteiger partial charge in [-0.05, 0) is 36.2 Å². The number of nitrogens with one attached hydrogen (secondary N) is 1. The highest BCUT2D eigenvalue weighted by Gasteiger charge is 2.34. The number of fused-ring (bicyclic) bond motifs is 1. The van der Waals surface area contributed by atoms with Gasteiger partial charge in [0.05, 0.1) is 6.54 Å². The van der Waals surface area contributed by atoms with Gasteiger partial charge in [0.15, 0.2) is 0 Å². The molecule has 24 heavy (non-hydrogen) atoms. The molecule has 1 aliphatic heterocycles. The van der Waals surface area contributed by atoms with E-state index in [2.05, 4.69) is 5.32 Å². The molecule has 0 saturated carbocycles. The van der Waals surface area contributed by atoms with Crippen LogP contribution in [0.15, 0.2) is 30.3 Å². The van der Waals surface area contributed by atoms with E-state index in [1.54, 1.807) is 35.9 Å². The summed E-state index contributed by atoms with van der Waals surface area (Å²) in [5.74, 6) is -0.270. The number of nitrogens with zero attached hydrogens (tertiary/aromatic N) is 2. The Labute approximate surface area is 137 Å². The number of carbonyl (C=O) groups is 1. The zero-order valence-corrected chi connectivity index (χ0v) is 13.4. The number of aryl methyl sites for hydroxylation is 1. The molecule has 0 saturated heterocycles. The molecule has 0 bridgehead atoms. The molecule has 0 spiro atoms. The number of carbonyl (C=O) groups excluding carboxylic acids is 1. The maximum Gasteiger partial charge on any atom is 0.401 e. The quantitative estimate of drug-likeness (QED) is 0.931. The summed E-state index contributed by atoms with van der Waals surface area (Å²) in [5.41, 5.74) is 3.60. The van der Waals surface area contributed by atoms with E-state index >= 15 is 0 Å². The van der Waals surface area contributed by atoms with E-state index in [1.807, 2.05) is 13.0 Å². The largest absolute Gasteiger partial charge is 0.401 e. The van der Waals surface area contributed by atoms with Crippen molar-refractivity contribution in [3.05, 3.63) is 52.8 Å². The van der Waals surface area contributed by atoms with Crippen molar-refractivity contribution in [3.8, 4) is 0 Å². The van der Waals surface area contributed by atoms with Crippen molar-refractivity contribution < 1.29 is 18.0 Å². The summed E-state index contributed by atoms with van der Waals surface area (Å²) in [4.78, 5) is 13.8. The monoisotopic (exact) mass is 337 g/mol. The number of hydrogen-bond acceptors (Lipinski definition) is 2. The first-order valence-electron chi connectivity index (χ1n) is 7.58. The topological polar surface area (TPSA) is 37.3 Å². The number of rotatable bonds is 3. The van der Waals surface area contributed by atoms with E-state index in [9.17, 15) is 18.0 Å². The molecule has 1 amide bonds. The van der Waals surface area contributed by atoms with Crippen molar-refractivity contribution in [3.63, 3.8) is 0 Å². The maximum absolute atomic E-state index is 12.6. The Balaban J connectivity index is 1.79. The number of halogens is 3. The van der Waals surface area contributed by atoms with E-state index in [1.165, 1.54) is 4.90 Å². The summed E-state index contributed by atoms with van der Waals surface area (Å²) >= 11 is 0. The van der Waals surface area contributed by atoms with Crippen LogP contribution in [0.25, 0.3) is 0 Å². The first-order chi connectivity index (χ1) is 11.2. The fourth-order valence-corrected chi connectivity index (χ4v) is 3.00. The number of aromatic nitrogens is 1. The second-order valence-corrected chi connectivity index (χ2v) is 6.08. The summed E-state index contributed by atoms with van der Waals surface area (Å²) in [6.07, 6.45) is -4.23. The van der Waals surface area contributed by atoms with Gasteiger partial charge in [-0.25, -0.2) is 0 Å². The Morgan fingerprint density at radius 3 is 2.58 bits per heavy atom. The van der Waals surface area contributed by atoms with Gasteiger partial charge in [-0.15, -0.1) is 0 Å². The second kappa shape index (κ2) is 5.98. The molecule has 0 fully saturated rings. The van der Waals surface area contributed by atoms with Crippen LogP contribution < -0.4 is 5.32 Å². The lowest BCUT2D eigenvalue weighted by Crippen LogP contribution is -2.30. The molecule has 7 heteroatoms. The number of benzene rings is 1. The van der Waals surface area contributed by atoms with Gasteiger partial charge >= 0.3 is 6.18 Å². The zero-order valence-electron chi connectivity index (χ0n) is 13.4. The summed E-state index contributed by atoms with van der Waals surface area (Å²) in [5, 5.41) is 2.83. The average Bonchev–Trinajstić information content (AvgIpc) is 3.02. The first kappa shape index (κ1) is 16.6. The van der Waals surface area contributed by atoms with E-state index in [4.69, 9.17) is 0 Å². The van der Waals surface area contributed by atoms with Gasteiger partial charge in [0.2, 0.25) is 0 Å². The normalized spacial score (nSPS) is 14.7. The Morgan fingerprint density at radius 2 is 1.96 bits per heavy atom. The van der Waals surface area contributed by atoms with Gasteiger partial charge in [-0.3, -0.25) is 9.69 Å². The SMILES string of the molecule is Cc1ccc(C(=O)Nc2cccc3c2CN(CC(F)(F)F)C3)n1C. The van der Waals surface area contributed by atoms with Crippen molar-refractivity contribution >= 4 is 11.6 Å². The molecular weight excluding hydrogens is 319 g/mol. The van der Waals surface area contributed by atoms with Gasteiger partial charge in [0.25, 0.3) is 5.91 Å². The van der Waals surface area contributed by atoms with Crippen molar-refractivity contribution in [2.75, 3.05) is 11.9 Å². The Kier molecular flexibility index (Phi) is 4.13. The average molecular weight is 337 g/mol. The summed E-state index contributed by atoms with van der Waals surface area (Å²) in [6.45, 7) is 1.36. The minimum atomic E-state index is -4.23. The standard InChI is InChI=1S/C17H18F3N3O/c1-11-6-7-15(22(11)2)16(24)21-14-5-3-4-12-8-23(9-13(12)14)10-17(18,19)20/h3-7H,8-10H2,1-2H3,(H,21,24). The molecule has 1 aliphatic rings. The fourth-order valence-electron chi connectivity index (χ4n) is 3.00. The molecule has 3 rings (SSSR count). The lowest BCUT2D eigenvalue weighted by Gasteiger charge is -2.17. The van der Waals surface area contributed by atoms with Gasteiger partial charge in [-0.2, -0.15) is 13.2 Å². The molecule has 0 unspecified atom stereocenters. The van der Waals surface area contributed by atoms with Crippen molar-refractivity contribution in [1.29, 1.82) is 0 Å². The van der Waals surface area contributed by atoms with Crippen LogP contribution in [0, 0.1) is 6.92 Å². The fraction of sp³-hybridized carbons (Fsp3) is 0.353. The van der Waals surface area contributed by atoms with E-state index in [0.29, 0.717) is 11.4 Å². The molecular formula is C17H18F3N3O. The molecule has 1 N–H and O–H groups in total. The third kappa shape index (κ3) is 3.31. The second-order valence-electron chi connectivity index (χ2n) is 6.08. The minimum absolute atomic E-state index is 0.178. The zero-order chi connectivity index (χ0) is 17.5. The smallest absolute Gasteiger partial charge is 0.344 e. The molecule has 4 nitrogen and oxygen atoms in total. The lowest BCUT2D eigenvalue weighted by molar-refractivity contribution is -0.146. The van der Waals surface area contributed by atoms with Gasteiger partial charge in [0, 0.05) is 31.5 Å². The van der Waals surface area contributed by atoms with Crippen LogP contribution in [0.2, 0.25) is 0 Å². The van der Waals surface area contributed by atoms with E-state index in [-0.39, 0.29) is 19.0 Å². The van der Waals surface area contributed by atoms with Crippen LogP contribution in [-0.2, 0) is 20.1 Å². The Morgan fingerprint density at radius 1 is 1.21 bits per heavy atom. The molecule has 2 heterocycles. The summed E-state index contributed by atoms with van der Waals surface area (Å²) < 4.78 is 39.6. The van der Waals surface area contributed by atoms with Gasteiger partial charge < -0.3 is 9.88 Å². The van der Waals surface area contributed by atoms with Crippen LogP contribution in [0.5, 0.6) is 0 Å². The predicted molar refractivity (Wildman–Crippen MR) is 84.7 cm³/mol. The molecule has 0 aliphatic carbocycles. The van der Waals surface area contributed by atoms with Crippen molar-refractivity contribution in [2.24, 2.45) is 7.05 Å². The van der Waals surface area contributed by atoms with E-state index in [0.717, 1.165) is 16.8 Å². The number of alkyl halides is 3. The number of amides is 1. The maximum atomic E-state index is 12.6. The van der Waals surface area contributed by atoms with Crippen LogP contribution >= 0.6 is 0 Å². The molecule has 1 aromatic carbocycles. The third-order valence-electron chi connectivity index (χ3n) is 4.31. The van der Waals surface area contributed by atoms with Crippen LogP contribution in [-0.4, -0.2) is 28.1 Å². The van der Waals surface area contributed by atoms with Crippen LogP contribution in [0.4, 0.5) is 18.9 Å². The molecule has 128 valence electrons. The number of hydrogen-bond donors (Lipinski definition) is 1. The number of anilines is 1. The molecule has 0 radical (unpaired) electrons. The summed E-state index contributed by atoms with van der Waals surface area (Å²) in [6, 6.07) is 8.85. The van der Waals surface area contributed by atoms with Crippen molar-refractivity contribution in [1.82, 2.24) is 9.47 Å². The first-order valence-corrected chi connectivity index (χ1v) is 7.58. The van der Waals surface area contributed by atoms with Gasteiger partial charge in [0.1, 0.15) is 5.69 Å². The summed E-state index contributed by atoms with van der Waals surface area (Å²) in [7, 11) is 1.80. The van der Waals surface area contributed by atoms with Gasteiger partial charge in [-0.1, -0.05) is 12.1 Å². The molecule has 1 aromatic heterocycles.